The van der Waals surface area contributed by atoms with E-state index in [1.807, 2.05) is 32.0 Å². The number of ketones is 1. The maximum absolute atomic E-state index is 12.3. The number of amides is 2. The van der Waals surface area contributed by atoms with Gasteiger partial charge in [0, 0.05) is 5.69 Å². The molecule has 0 bridgehead atoms. The highest BCUT2D eigenvalue weighted by atomic mass is 16.5. The molecule has 7 nitrogen and oxygen atoms in total. The Morgan fingerprint density at radius 3 is 2.57 bits per heavy atom. The maximum Gasteiger partial charge on any atom is 0.326 e. The quantitative estimate of drug-likeness (QED) is 0.635. The molecule has 28 heavy (non-hydrogen) atoms. The van der Waals surface area contributed by atoms with Crippen LogP contribution in [0.3, 0.4) is 0 Å². The van der Waals surface area contributed by atoms with Crippen molar-refractivity contribution in [2.24, 2.45) is 0 Å². The van der Waals surface area contributed by atoms with Gasteiger partial charge in [-0.25, -0.2) is 0 Å². The number of carbonyl (C=O) groups excluding carboxylic acids is 4. The lowest BCUT2D eigenvalue weighted by Gasteiger charge is -2.18. The number of para-hydroxylation sites is 1. The Morgan fingerprint density at radius 2 is 1.82 bits per heavy atom. The first-order chi connectivity index (χ1) is 13.3. The van der Waals surface area contributed by atoms with Crippen LogP contribution in [0.25, 0.3) is 0 Å². The predicted octanol–water partition coefficient (Wildman–Crippen LogP) is 2.40. The normalized spacial score (nSPS) is 13.9. The summed E-state index contributed by atoms with van der Waals surface area (Å²) in [7, 11) is 0. The van der Waals surface area contributed by atoms with E-state index in [1.165, 1.54) is 13.0 Å². The number of hydrogen-bond donors (Lipinski definition) is 1. The Kier molecular flexibility index (Phi) is 5.26. The number of Topliss-reactive ketones (excluding diaryl/α,β-unsaturated/α-hetero) is 1. The van der Waals surface area contributed by atoms with Crippen molar-refractivity contribution >= 4 is 34.9 Å². The second-order valence-electron chi connectivity index (χ2n) is 6.68. The molecule has 0 aliphatic carbocycles. The van der Waals surface area contributed by atoms with Crippen LogP contribution >= 0.6 is 0 Å². The van der Waals surface area contributed by atoms with Crippen molar-refractivity contribution in [1.29, 1.82) is 0 Å². The van der Waals surface area contributed by atoms with E-state index in [0.29, 0.717) is 11.4 Å². The van der Waals surface area contributed by atoms with E-state index in [2.05, 4.69) is 5.32 Å². The highest BCUT2D eigenvalue weighted by molar-refractivity contribution is 6.52. The summed E-state index contributed by atoms with van der Waals surface area (Å²) in [5.74, 6) is -2.71. The van der Waals surface area contributed by atoms with E-state index in [1.54, 1.807) is 18.2 Å². The Hall–Kier alpha value is -3.48. The lowest BCUT2D eigenvalue weighted by atomic mass is 10.1. The van der Waals surface area contributed by atoms with Crippen molar-refractivity contribution in [2.45, 2.75) is 26.9 Å². The second kappa shape index (κ2) is 7.64. The molecule has 0 fully saturated rings. The Morgan fingerprint density at radius 1 is 1.11 bits per heavy atom. The maximum atomic E-state index is 12.3. The molecule has 7 heteroatoms. The van der Waals surface area contributed by atoms with Gasteiger partial charge in [0.25, 0.3) is 17.6 Å². The van der Waals surface area contributed by atoms with Crippen LogP contribution in [0.4, 0.5) is 11.4 Å². The predicted molar refractivity (Wildman–Crippen MR) is 103 cm³/mol. The number of ether oxygens (including phenoxy) is 1. The van der Waals surface area contributed by atoms with Crippen LogP contribution in [0.2, 0.25) is 0 Å². The summed E-state index contributed by atoms with van der Waals surface area (Å²) in [5.41, 5.74) is 3.13. The molecule has 1 aliphatic rings. The first kappa shape index (κ1) is 19.3. The van der Waals surface area contributed by atoms with Crippen molar-refractivity contribution in [2.75, 3.05) is 16.8 Å². The molecule has 2 aromatic carbocycles. The summed E-state index contributed by atoms with van der Waals surface area (Å²) in [6, 6.07) is 12.1. The van der Waals surface area contributed by atoms with E-state index in [9.17, 15) is 19.2 Å². The summed E-state index contributed by atoms with van der Waals surface area (Å²) in [6.45, 7) is 4.77. The van der Waals surface area contributed by atoms with Crippen LogP contribution in [-0.4, -0.2) is 36.2 Å². The zero-order valence-electron chi connectivity index (χ0n) is 15.8. The topological polar surface area (TPSA) is 92.8 Å². The SMILES string of the molecule is Cc1ccc(C)c(NC(=O)[C@H](C)OC(=O)CN2C(=O)C(=O)c3ccccc32)c1. The zero-order valence-corrected chi connectivity index (χ0v) is 15.8. The summed E-state index contributed by atoms with van der Waals surface area (Å²) < 4.78 is 5.16. The second-order valence-corrected chi connectivity index (χ2v) is 6.68. The fourth-order valence-electron chi connectivity index (χ4n) is 2.93. The highest BCUT2D eigenvalue weighted by Gasteiger charge is 2.37. The van der Waals surface area contributed by atoms with Crippen LogP contribution in [0.5, 0.6) is 0 Å². The minimum Gasteiger partial charge on any atom is -0.451 e. The first-order valence-electron chi connectivity index (χ1n) is 8.80. The van der Waals surface area contributed by atoms with Gasteiger partial charge in [-0.3, -0.25) is 24.1 Å². The van der Waals surface area contributed by atoms with E-state index in [4.69, 9.17) is 4.74 Å². The molecular weight excluding hydrogens is 360 g/mol. The van der Waals surface area contributed by atoms with Crippen molar-refractivity contribution < 1.29 is 23.9 Å². The molecule has 3 rings (SSSR count). The number of anilines is 2. The van der Waals surface area contributed by atoms with Gasteiger partial charge in [0.2, 0.25) is 0 Å². The Labute approximate surface area is 162 Å². The molecule has 2 amide bonds. The van der Waals surface area contributed by atoms with Gasteiger partial charge in [-0.1, -0.05) is 24.3 Å². The fourth-order valence-corrected chi connectivity index (χ4v) is 2.93. The number of nitrogens with zero attached hydrogens (tertiary/aromatic N) is 1. The third kappa shape index (κ3) is 3.78. The van der Waals surface area contributed by atoms with Gasteiger partial charge < -0.3 is 10.1 Å². The minimum atomic E-state index is -1.06. The van der Waals surface area contributed by atoms with Crippen molar-refractivity contribution in [1.82, 2.24) is 0 Å². The van der Waals surface area contributed by atoms with Gasteiger partial charge in [0.15, 0.2) is 6.10 Å². The number of carbonyl (C=O) groups is 4. The summed E-state index contributed by atoms with van der Waals surface area (Å²) in [4.78, 5) is 49.7. The summed E-state index contributed by atoms with van der Waals surface area (Å²) in [5, 5.41) is 2.73. The lowest BCUT2D eigenvalue weighted by Crippen LogP contribution is -2.38. The molecule has 0 unspecified atom stereocenters. The molecule has 0 saturated carbocycles. The van der Waals surface area contributed by atoms with E-state index in [-0.39, 0.29) is 5.56 Å². The van der Waals surface area contributed by atoms with Gasteiger partial charge in [-0.15, -0.1) is 0 Å². The number of rotatable bonds is 5. The molecule has 1 atom stereocenters. The number of esters is 1. The molecular formula is C21H20N2O5. The third-order valence-electron chi connectivity index (χ3n) is 4.49. The molecule has 1 heterocycles. The third-order valence-corrected chi connectivity index (χ3v) is 4.49. The molecule has 0 aromatic heterocycles. The summed E-state index contributed by atoms with van der Waals surface area (Å²) in [6.07, 6.45) is -1.06. The monoisotopic (exact) mass is 380 g/mol. The smallest absolute Gasteiger partial charge is 0.326 e. The highest BCUT2D eigenvalue weighted by Crippen LogP contribution is 2.28. The van der Waals surface area contributed by atoms with Gasteiger partial charge in [-0.2, -0.15) is 0 Å². The number of nitrogens with one attached hydrogen (secondary N) is 1. The number of benzene rings is 2. The molecule has 2 aromatic rings. The van der Waals surface area contributed by atoms with E-state index < -0.39 is 36.2 Å². The average Bonchev–Trinajstić information content (AvgIpc) is 2.90. The van der Waals surface area contributed by atoms with Crippen LogP contribution in [0.15, 0.2) is 42.5 Å². The van der Waals surface area contributed by atoms with Crippen LogP contribution in [0, 0.1) is 13.8 Å². The number of hydrogen-bond acceptors (Lipinski definition) is 5. The first-order valence-corrected chi connectivity index (χ1v) is 8.80. The standard InChI is InChI=1S/C21H20N2O5/c1-12-8-9-13(2)16(10-12)22-20(26)14(3)28-18(24)11-23-17-7-5-4-6-15(17)19(25)21(23)27/h4-10,14H,11H2,1-3H3,(H,22,26)/t14-/m0/s1. The van der Waals surface area contributed by atoms with Gasteiger partial charge in [0.1, 0.15) is 6.54 Å². The number of fused-ring (bicyclic) bond motifs is 1. The lowest BCUT2D eigenvalue weighted by molar-refractivity contribution is -0.152. The van der Waals surface area contributed by atoms with E-state index in [0.717, 1.165) is 16.0 Å². The van der Waals surface area contributed by atoms with Gasteiger partial charge >= 0.3 is 5.97 Å². The largest absolute Gasteiger partial charge is 0.451 e. The summed E-state index contributed by atoms with van der Waals surface area (Å²) >= 11 is 0. The zero-order chi connectivity index (χ0) is 20.4. The van der Waals surface area contributed by atoms with E-state index >= 15 is 0 Å². The number of aryl methyl sites for hydroxylation is 2. The minimum absolute atomic E-state index is 0.251. The van der Waals surface area contributed by atoms with Crippen molar-refractivity contribution in [3.63, 3.8) is 0 Å². The van der Waals surface area contributed by atoms with Crippen molar-refractivity contribution in [3.8, 4) is 0 Å². The molecule has 1 aliphatic heterocycles. The average molecular weight is 380 g/mol. The molecule has 0 radical (unpaired) electrons. The Bertz CT molecular complexity index is 983. The molecule has 144 valence electrons. The van der Waals surface area contributed by atoms with Crippen LogP contribution in [-0.2, 0) is 19.1 Å². The van der Waals surface area contributed by atoms with Crippen LogP contribution < -0.4 is 10.2 Å². The molecule has 0 spiro atoms. The van der Waals surface area contributed by atoms with Gasteiger partial charge in [-0.05, 0) is 50.1 Å². The van der Waals surface area contributed by atoms with Gasteiger partial charge in [0.05, 0.1) is 11.3 Å². The van der Waals surface area contributed by atoms with Crippen molar-refractivity contribution in [3.05, 3.63) is 59.2 Å². The van der Waals surface area contributed by atoms with Crippen LogP contribution in [0.1, 0.15) is 28.4 Å². The Balaban J connectivity index is 1.63. The fraction of sp³-hybridized carbons (Fsp3) is 0.238. The molecule has 0 saturated heterocycles. The molecule has 1 N–H and O–H groups in total.